The lowest BCUT2D eigenvalue weighted by Crippen LogP contribution is -1.98. The molecular weight excluding hydrogens is 1640 g/mol. The third-order valence-corrected chi connectivity index (χ3v) is 27.9. The predicted octanol–water partition coefficient (Wildman–Crippen LogP) is 36.1. The summed E-state index contributed by atoms with van der Waals surface area (Å²) in [5.74, 6) is 1.88. The van der Waals surface area contributed by atoms with Crippen molar-refractivity contribution in [2.75, 3.05) is 0 Å². The fraction of sp³-hybridized carbons (Fsp3) is 0. The van der Waals surface area contributed by atoms with Crippen LogP contribution >= 0.6 is 0 Å². The van der Waals surface area contributed by atoms with E-state index in [1.54, 1.807) is 0 Å². The van der Waals surface area contributed by atoms with Crippen LogP contribution in [-0.2, 0) is 0 Å². The van der Waals surface area contributed by atoms with Gasteiger partial charge in [-0.15, -0.1) is 0 Å². The zero-order valence-electron chi connectivity index (χ0n) is 74.3. The number of rotatable bonds is 10. The molecule has 4 nitrogen and oxygen atoms in total. The second-order valence-corrected chi connectivity index (χ2v) is 35.5. The van der Waals surface area contributed by atoms with E-state index in [1.165, 1.54) is 207 Å². The topological polar surface area (TPSA) is 35.6 Å². The van der Waals surface area contributed by atoms with E-state index >= 15 is 0 Å². The van der Waals surface area contributed by atoms with Gasteiger partial charge in [0.2, 0.25) is 0 Å². The first-order chi connectivity index (χ1) is 67.5. The largest absolute Gasteiger partial charge is 0.292 e. The van der Waals surface area contributed by atoms with Crippen LogP contribution in [0.4, 0.5) is 0 Å². The van der Waals surface area contributed by atoms with Gasteiger partial charge in [0.05, 0.1) is 22.1 Å². The molecule has 0 fully saturated rings. The van der Waals surface area contributed by atoms with Crippen LogP contribution in [0.1, 0.15) is 0 Å². The maximum atomic E-state index is 5.13. The number of para-hydroxylation sites is 5. The number of aromatic nitrogens is 4. The highest BCUT2D eigenvalue weighted by atomic mass is 15.1. The van der Waals surface area contributed by atoms with Gasteiger partial charge in [0.1, 0.15) is 11.6 Å². The Morgan fingerprint density at radius 1 is 0.140 bits per heavy atom. The zero-order chi connectivity index (χ0) is 89.7. The van der Waals surface area contributed by atoms with Crippen molar-refractivity contribution in [3.8, 4) is 101 Å². The SMILES string of the molecule is c1ccc(-c2cc3cc(-c4ccccc4)c4ccccc4c3c3ccccc23)cc1.c1ccc(-c2nc3ccccc3n2-c2ccc(-c3c4ccccc4c(-c4cc5ccc6ccccc6c5c5ccccc45)c4ccccc34)cc2)cc1.c1ccc(-n2c(-c3ccc(-c4c5ccccc5c(-c5cc6ccc7ccccc7c6c6ccccc56)c5ccccc45)cc3)nc3ccccc32)cc1. The summed E-state index contributed by atoms with van der Waals surface area (Å²) in [6.07, 6.45) is 0. The van der Waals surface area contributed by atoms with Crippen LogP contribution in [0.5, 0.6) is 0 Å². The van der Waals surface area contributed by atoms with E-state index in [4.69, 9.17) is 9.97 Å². The molecule has 28 aromatic rings. The molecule has 0 aliphatic heterocycles. The van der Waals surface area contributed by atoms with E-state index in [1.807, 2.05) is 0 Å². The average Bonchev–Trinajstić information content (AvgIpc) is 0.883. The monoisotopic (exact) mass is 1720 g/mol. The van der Waals surface area contributed by atoms with Gasteiger partial charge in [-0.2, -0.15) is 0 Å². The van der Waals surface area contributed by atoms with Gasteiger partial charge < -0.3 is 0 Å². The normalized spacial score (nSPS) is 11.7. The lowest BCUT2D eigenvalue weighted by atomic mass is 9.83. The van der Waals surface area contributed by atoms with Gasteiger partial charge in [-0.1, -0.05) is 437 Å². The van der Waals surface area contributed by atoms with Gasteiger partial charge in [0, 0.05) is 22.5 Å². The minimum Gasteiger partial charge on any atom is -0.292 e. The van der Waals surface area contributed by atoms with Crippen molar-refractivity contribution in [2.45, 2.75) is 0 Å². The molecule has 0 aliphatic carbocycles. The molecule has 632 valence electrons. The summed E-state index contributed by atoms with van der Waals surface area (Å²) in [4.78, 5) is 10.2. The van der Waals surface area contributed by atoms with E-state index in [9.17, 15) is 0 Å². The molecule has 28 rings (SSSR count). The van der Waals surface area contributed by atoms with Crippen LogP contribution in [0.15, 0.2) is 510 Å². The molecule has 136 heavy (non-hydrogen) atoms. The van der Waals surface area contributed by atoms with Gasteiger partial charge in [-0.3, -0.25) is 9.13 Å². The van der Waals surface area contributed by atoms with Gasteiger partial charge in [0.15, 0.2) is 0 Å². The number of hydrogen-bond donors (Lipinski definition) is 0. The standard InChI is InChI=1S/2C51H32N2.C30H20/c1-2-15-37(16-3-1)53-47-25-13-12-24-46(47)52-51(53)35-29-27-34(28-30-35)48-41-20-8-10-22-43(41)50(44-23-11-9-21-42(44)48)45-32-36-31-26-33-14-4-5-17-38(33)49(36)40-19-7-6-18-39(40)45;1-2-15-35(16-3-1)51-52-46-24-12-13-25-47(46)53(51)37-30-28-34(29-31-37)48-41-20-8-10-22-43(41)50(44-23-11-9-21-42(44)48)45-32-36-27-26-33-14-4-5-17-38(33)49(36)40-19-7-6-18-39(40)45;1-3-11-21(12-4-1)28-19-23-20-29(22-13-5-2-6-14-22)25-16-8-10-18-27(25)30(23)26-17-9-7-15-24(26)28/h2*1-32H;1-20H. The van der Waals surface area contributed by atoms with Crippen molar-refractivity contribution in [1.29, 1.82) is 0 Å². The van der Waals surface area contributed by atoms with Crippen LogP contribution in [0.3, 0.4) is 0 Å². The molecular formula is C132H84N4. The first-order valence-corrected chi connectivity index (χ1v) is 46.8. The summed E-state index contributed by atoms with van der Waals surface area (Å²) in [5, 5.41) is 33.2. The summed E-state index contributed by atoms with van der Waals surface area (Å²) in [7, 11) is 0. The molecule has 0 saturated heterocycles. The molecule has 0 bridgehead atoms. The van der Waals surface area contributed by atoms with E-state index < -0.39 is 0 Å². The van der Waals surface area contributed by atoms with Gasteiger partial charge in [-0.25, -0.2) is 9.97 Å². The van der Waals surface area contributed by atoms with Crippen LogP contribution in [0.2, 0.25) is 0 Å². The summed E-state index contributed by atoms with van der Waals surface area (Å²) >= 11 is 0. The third kappa shape index (κ3) is 13.3. The Labute approximate surface area is 786 Å². The van der Waals surface area contributed by atoms with Gasteiger partial charge >= 0.3 is 0 Å². The Bertz CT molecular complexity index is 9400. The smallest absolute Gasteiger partial charge is 0.145 e. The first-order valence-electron chi connectivity index (χ1n) is 46.8. The average molecular weight is 1730 g/mol. The quantitative estimate of drug-likeness (QED) is 0.101. The van der Waals surface area contributed by atoms with Gasteiger partial charge in [0.25, 0.3) is 0 Å². The highest BCUT2D eigenvalue weighted by Crippen LogP contribution is 2.52. The first kappa shape index (κ1) is 79.0. The molecule has 0 amide bonds. The molecule has 26 aromatic carbocycles. The number of fused-ring (bicyclic) bond motifs is 21. The molecule has 0 aliphatic rings. The zero-order valence-corrected chi connectivity index (χ0v) is 74.3. The second-order valence-electron chi connectivity index (χ2n) is 35.5. The van der Waals surface area contributed by atoms with Crippen molar-refractivity contribution in [2.24, 2.45) is 0 Å². The summed E-state index contributed by atoms with van der Waals surface area (Å²) in [6, 6.07) is 185. The molecule has 2 heterocycles. The third-order valence-electron chi connectivity index (χ3n) is 27.9. The number of nitrogens with zero attached hydrogens (tertiary/aromatic N) is 4. The van der Waals surface area contributed by atoms with Crippen LogP contribution in [-0.4, -0.2) is 19.1 Å². The molecule has 0 unspecified atom stereocenters. The predicted molar refractivity (Wildman–Crippen MR) is 580 cm³/mol. The summed E-state index contributed by atoms with van der Waals surface area (Å²) in [6.45, 7) is 0. The lowest BCUT2D eigenvalue weighted by molar-refractivity contribution is 1.10. The Morgan fingerprint density at radius 3 is 0.757 bits per heavy atom. The number of imidazole rings is 2. The maximum absolute atomic E-state index is 5.13. The minimum atomic E-state index is 0.935. The number of benzene rings is 26. The van der Waals surface area contributed by atoms with E-state index in [0.717, 1.165) is 56.2 Å². The summed E-state index contributed by atoms with van der Waals surface area (Å²) in [5.41, 5.74) is 23.5. The van der Waals surface area contributed by atoms with E-state index in [-0.39, 0.29) is 0 Å². The molecule has 2 aromatic heterocycles. The minimum absolute atomic E-state index is 0.935. The van der Waals surface area contributed by atoms with Crippen molar-refractivity contribution in [1.82, 2.24) is 19.1 Å². The Balaban J connectivity index is 0.000000110. The Kier molecular flexibility index (Phi) is 19.3. The highest BCUT2D eigenvalue weighted by Gasteiger charge is 2.26. The molecule has 4 heteroatoms. The van der Waals surface area contributed by atoms with E-state index in [2.05, 4.69) is 519 Å². The van der Waals surface area contributed by atoms with Crippen molar-refractivity contribution in [3.05, 3.63) is 510 Å². The summed E-state index contributed by atoms with van der Waals surface area (Å²) < 4.78 is 4.54. The van der Waals surface area contributed by atoms with E-state index in [0.29, 0.717) is 0 Å². The lowest BCUT2D eigenvalue weighted by Gasteiger charge is -2.20. The molecule has 0 N–H and O–H groups in total. The van der Waals surface area contributed by atoms with Crippen molar-refractivity contribution >= 4 is 162 Å². The van der Waals surface area contributed by atoms with Crippen LogP contribution in [0, 0.1) is 0 Å². The number of hydrogen-bond acceptors (Lipinski definition) is 2. The molecule has 0 atom stereocenters. The fourth-order valence-electron chi connectivity index (χ4n) is 22.0. The molecule has 0 radical (unpaired) electrons. The second kappa shape index (κ2) is 33.1. The maximum Gasteiger partial charge on any atom is 0.145 e. The van der Waals surface area contributed by atoms with Gasteiger partial charge in [-0.05, 0) is 280 Å². The Morgan fingerprint density at radius 2 is 0.382 bits per heavy atom. The highest BCUT2D eigenvalue weighted by molar-refractivity contribution is 6.32. The molecule has 0 spiro atoms. The van der Waals surface area contributed by atoms with Crippen LogP contribution < -0.4 is 0 Å². The Hall–Kier alpha value is -18.0. The molecule has 0 saturated carbocycles. The fourth-order valence-corrected chi connectivity index (χ4v) is 22.0. The van der Waals surface area contributed by atoms with Crippen molar-refractivity contribution < 1.29 is 0 Å². The van der Waals surface area contributed by atoms with Crippen molar-refractivity contribution in [3.63, 3.8) is 0 Å². The van der Waals surface area contributed by atoms with Crippen LogP contribution in [0.25, 0.3) is 263 Å².